The summed E-state index contributed by atoms with van der Waals surface area (Å²) in [6.07, 6.45) is 3.13. The number of nitriles is 1. The van der Waals surface area contributed by atoms with E-state index in [1.54, 1.807) is 12.3 Å². The van der Waals surface area contributed by atoms with Crippen molar-refractivity contribution in [1.82, 2.24) is 14.5 Å². The highest BCUT2D eigenvalue weighted by atomic mass is 32.1. The lowest BCUT2D eigenvalue weighted by atomic mass is 10.1. The number of pyridine rings is 1. The van der Waals surface area contributed by atoms with Crippen molar-refractivity contribution in [2.45, 2.75) is 0 Å². The monoisotopic (exact) mass is 414 g/mol. The van der Waals surface area contributed by atoms with Crippen molar-refractivity contribution in [2.75, 3.05) is 0 Å². The molecule has 0 aliphatic rings. The van der Waals surface area contributed by atoms with Gasteiger partial charge in [0.1, 0.15) is 10.5 Å². The van der Waals surface area contributed by atoms with Gasteiger partial charge >= 0.3 is 5.69 Å². The molecule has 0 aliphatic heterocycles. The zero-order valence-corrected chi connectivity index (χ0v) is 16.0. The van der Waals surface area contributed by atoms with Crippen molar-refractivity contribution in [3.63, 3.8) is 0 Å². The average Bonchev–Trinajstić information content (AvgIpc) is 3.18. The van der Waals surface area contributed by atoms with Crippen molar-refractivity contribution < 1.29 is 4.39 Å². The molecule has 0 fully saturated rings. The van der Waals surface area contributed by atoms with E-state index in [0.29, 0.717) is 27.0 Å². The van der Waals surface area contributed by atoms with Crippen molar-refractivity contribution >= 4 is 32.3 Å². The number of benzene rings is 2. The largest absolute Gasteiger partial charge is 0.333 e. The first kappa shape index (κ1) is 18.0. The van der Waals surface area contributed by atoms with Crippen LogP contribution < -0.4 is 11.2 Å². The molecular formula is C22H11FN4O2S. The van der Waals surface area contributed by atoms with Crippen LogP contribution in [0.3, 0.4) is 0 Å². The van der Waals surface area contributed by atoms with Crippen LogP contribution in [0.5, 0.6) is 0 Å². The molecule has 0 unspecified atom stereocenters. The van der Waals surface area contributed by atoms with Crippen LogP contribution in [0.15, 0.2) is 70.5 Å². The lowest BCUT2D eigenvalue weighted by Gasteiger charge is -2.07. The van der Waals surface area contributed by atoms with Crippen LogP contribution in [-0.4, -0.2) is 14.5 Å². The third-order valence-electron chi connectivity index (χ3n) is 4.82. The van der Waals surface area contributed by atoms with Crippen molar-refractivity contribution in [3.05, 3.63) is 93.1 Å². The van der Waals surface area contributed by atoms with E-state index in [1.165, 1.54) is 24.4 Å². The molecule has 5 rings (SSSR count). The number of hydrogen-bond donors (Lipinski definition) is 1. The van der Waals surface area contributed by atoms with Crippen LogP contribution in [0.25, 0.3) is 37.1 Å². The van der Waals surface area contributed by atoms with Gasteiger partial charge in [-0.2, -0.15) is 5.26 Å². The summed E-state index contributed by atoms with van der Waals surface area (Å²) < 4.78 is 15.7. The first-order chi connectivity index (χ1) is 14.6. The van der Waals surface area contributed by atoms with E-state index >= 15 is 0 Å². The molecule has 0 spiro atoms. The number of aromatic nitrogens is 3. The summed E-state index contributed by atoms with van der Waals surface area (Å²) in [6, 6.07) is 14.9. The van der Waals surface area contributed by atoms with E-state index < -0.39 is 17.1 Å². The van der Waals surface area contributed by atoms with Gasteiger partial charge in [0.25, 0.3) is 5.56 Å². The molecular weight excluding hydrogens is 403 g/mol. The highest BCUT2D eigenvalue weighted by Crippen LogP contribution is 2.33. The zero-order valence-electron chi connectivity index (χ0n) is 15.2. The molecule has 3 heterocycles. The quantitative estimate of drug-likeness (QED) is 0.473. The maximum absolute atomic E-state index is 14.4. The van der Waals surface area contributed by atoms with Crippen LogP contribution in [0.4, 0.5) is 4.39 Å². The molecule has 1 N–H and O–H groups in total. The van der Waals surface area contributed by atoms with Crippen LogP contribution in [0.2, 0.25) is 0 Å². The molecule has 0 amide bonds. The molecule has 0 aliphatic carbocycles. The van der Waals surface area contributed by atoms with Crippen LogP contribution in [0.1, 0.15) is 5.56 Å². The Labute approximate surface area is 172 Å². The first-order valence-electron chi connectivity index (χ1n) is 8.89. The van der Waals surface area contributed by atoms with Gasteiger partial charge in [0.2, 0.25) is 0 Å². The number of aromatic amines is 1. The van der Waals surface area contributed by atoms with Crippen molar-refractivity contribution in [2.24, 2.45) is 0 Å². The number of fused-ring (bicyclic) bond motifs is 2. The zero-order chi connectivity index (χ0) is 20.8. The average molecular weight is 414 g/mol. The Morgan fingerprint density at radius 1 is 1.10 bits per heavy atom. The van der Waals surface area contributed by atoms with Crippen LogP contribution in [0, 0.1) is 17.1 Å². The molecule has 0 saturated heterocycles. The Balaban J connectivity index is 1.79. The molecule has 5 aromatic rings. The highest BCUT2D eigenvalue weighted by Gasteiger charge is 2.17. The van der Waals surface area contributed by atoms with E-state index in [4.69, 9.17) is 5.26 Å². The van der Waals surface area contributed by atoms with Gasteiger partial charge < -0.3 is 4.98 Å². The Hall–Kier alpha value is -4.09. The lowest BCUT2D eigenvalue weighted by Crippen LogP contribution is -2.33. The number of nitrogens with zero attached hydrogens (tertiary/aromatic N) is 3. The molecule has 3 aromatic heterocycles. The summed E-state index contributed by atoms with van der Waals surface area (Å²) in [5.74, 6) is -0.513. The topological polar surface area (TPSA) is 91.5 Å². The Kier molecular flexibility index (Phi) is 4.05. The molecule has 144 valence electrons. The minimum Gasteiger partial charge on any atom is -0.306 e. The molecule has 8 heteroatoms. The van der Waals surface area contributed by atoms with Crippen LogP contribution in [-0.2, 0) is 0 Å². The summed E-state index contributed by atoms with van der Waals surface area (Å²) in [6.45, 7) is 0. The molecule has 2 aromatic carbocycles. The maximum atomic E-state index is 14.4. The summed E-state index contributed by atoms with van der Waals surface area (Å²) in [5, 5.41) is 10.6. The molecule has 0 saturated carbocycles. The third kappa shape index (κ3) is 2.72. The fourth-order valence-electron chi connectivity index (χ4n) is 3.42. The van der Waals surface area contributed by atoms with E-state index in [2.05, 4.69) is 9.97 Å². The van der Waals surface area contributed by atoms with E-state index in [0.717, 1.165) is 21.3 Å². The lowest BCUT2D eigenvalue weighted by molar-refractivity contribution is 0.631. The van der Waals surface area contributed by atoms with E-state index in [-0.39, 0.29) is 10.3 Å². The third-order valence-corrected chi connectivity index (χ3v) is 5.98. The van der Waals surface area contributed by atoms with Gasteiger partial charge in [0.15, 0.2) is 0 Å². The second kappa shape index (κ2) is 6.76. The smallest absolute Gasteiger partial charge is 0.306 e. The fourth-order valence-corrected chi connectivity index (χ4v) is 4.48. The highest BCUT2D eigenvalue weighted by molar-refractivity contribution is 7.22. The first-order valence-corrected chi connectivity index (χ1v) is 9.70. The summed E-state index contributed by atoms with van der Waals surface area (Å²) >= 11 is 1.06. The second-order valence-corrected chi connectivity index (χ2v) is 7.66. The molecule has 6 nitrogen and oxygen atoms in total. The number of hydrogen-bond acceptors (Lipinski definition) is 5. The van der Waals surface area contributed by atoms with Gasteiger partial charge in [-0.25, -0.2) is 13.8 Å². The second-order valence-electron chi connectivity index (χ2n) is 6.61. The molecule has 30 heavy (non-hydrogen) atoms. The predicted molar refractivity (Wildman–Crippen MR) is 113 cm³/mol. The minimum atomic E-state index is -0.610. The summed E-state index contributed by atoms with van der Waals surface area (Å²) in [7, 11) is 0. The normalized spacial score (nSPS) is 11.1. The van der Waals surface area contributed by atoms with E-state index in [9.17, 15) is 14.0 Å². The number of rotatable bonds is 2. The Morgan fingerprint density at radius 3 is 2.77 bits per heavy atom. The number of halogens is 1. The predicted octanol–water partition coefficient (Wildman–Crippen LogP) is 3.97. The maximum Gasteiger partial charge on any atom is 0.333 e. The van der Waals surface area contributed by atoms with Gasteiger partial charge in [-0.05, 0) is 24.3 Å². The molecule has 0 bridgehead atoms. The number of nitrogens with one attached hydrogen (secondary N) is 1. The van der Waals surface area contributed by atoms with E-state index in [1.807, 2.05) is 30.3 Å². The van der Waals surface area contributed by atoms with Crippen LogP contribution >= 0.6 is 11.3 Å². The molecule has 0 atom stereocenters. The van der Waals surface area contributed by atoms with Gasteiger partial charge in [-0.3, -0.25) is 9.78 Å². The molecule has 0 radical (unpaired) electrons. The minimum absolute atomic E-state index is 0.203. The van der Waals surface area contributed by atoms with Crippen molar-refractivity contribution in [3.8, 4) is 22.2 Å². The Bertz CT molecular complexity index is 1620. The Morgan fingerprint density at radius 2 is 1.93 bits per heavy atom. The van der Waals surface area contributed by atoms with Gasteiger partial charge in [-0.15, -0.1) is 11.3 Å². The number of thiophene rings is 1. The standard InChI is InChI=1S/C22H11FN4O2S/c23-16-6-5-12(9-24)7-15(16)19-8-17-20(30-19)21(28)27(22(29)26-17)18-11-25-10-13-3-1-2-4-14(13)18/h1-8,10-11H,(H,26,29). The summed E-state index contributed by atoms with van der Waals surface area (Å²) in [4.78, 5) is 33.3. The van der Waals surface area contributed by atoms with Gasteiger partial charge in [-0.1, -0.05) is 24.3 Å². The fraction of sp³-hybridized carbons (Fsp3) is 0. The van der Waals surface area contributed by atoms with Crippen molar-refractivity contribution in [1.29, 1.82) is 5.26 Å². The summed E-state index contributed by atoms with van der Waals surface area (Å²) in [5.41, 5.74) is 0.0665. The SMILES string of the molecule is N#Cc1ccc(F)c(-c2cc3[nH]c(=O)n(-c4cncc5ccccc45)c(=O)c3s2)c1. The van der Waals surface area contributed by atoms with Gasteiger partial charge in [0, 0.05) is 27.4 Å². The van der Waals surface area contributed by atoms with Gasteiger partial charge in [0.05, 0.1) is 29.0 Å². The number of H-pyrrole nitrogens is 1.